The molecule has 2 heteroatoms. The Kier molecular flexibility index (Phi) is 4.87. The van der Waals surface area contributed by atoms with Gasteiger partial charge in [-0.25, -0.2) is 0 Å². The molecule has 1 nitrogen and oxygen atoms in total. The standard InChI is InChI=1S/C7H14OS/c1-3-6(2)4-5-7(8)9/h6H,3-5H2,1-2H3,(H,8,9). The van der Waals surface area contributed by atoms with Gasteiger partial charge in [0.05, 0.1) is 0 Å². The molecule has 0 aromatic rings. The molecule has 54 valence electrons. The summed E-state index contributed by atoms with van der Waals surface area (Å²) in [6.45, 7) is 4.28. The summed E-state index contributed by atoms with van der Waals surface area (Å²) in [5, 5.41) is 0.00954. The minimum absolute atomic E-state index is 0.00954. The third-order valence-corrected chi connectivity index (χ3v) is 1.77. The molecule has 0 saturated carbocycles. The van der Waals surface area contributed by atoms with Gasteiger partial charge in [-0.05, 0) is 12.3 Å². The van der Waals surface area contributed by atoms with Gasteiger partial charge in [0.15, 0.2) is 5.12 Å². The molecule has 0 aromatic carbocycles. The Labute approximate surface area is 62.2 Å². The Morgan fingerprint density at radius 3 is 2.56 bits per heavy atom. The maximum atomic E-state index is 10.3. The lowest BCUT2D eigenvalue weighted by Crippen LogP contribution is -1.95. The molecular formula is C7H14OS. The van der Waals surface area contributed by atoms with Gasteiger partial charge in [-0.15, -0.1) is 12.6 Å². The first-order valence-electron chi connectivity index (χ1n) is 3.38. The molecule has 0 aliphatic rings. The van der Waals surface area contributed by atoms with Crippen LogP contribution in [0.25, 0.3) is 0 Å². The van der Waals surface area contributed by atoms with Gasteiger partial charge in [0, 0.05) is 6.42 Å². The van der Waals surface area contributed by atoms with E-state index in [1.165, 1.54) is 0 Å². The van der Waals surface area contributed by atoms with Gasteiger partial charge in [0.25, 0.3) is 0 Å². The van der Waals surface area contributed by atoms with Crippen LogP contribution in [-0.2, 0) is 4.79 Å². The van der Waals surface area contributed by atoms with Crippen molar-refractivity contribution in [1.82, 2.24) is 0 Å². The van der Waals surface area contributed by atoms with Gasteiger partial charge < -0.3 is 0 Å². The molecule has 1 unspecified atom stereocenters. The Morgan fingerprint density at radius 1 is 1.67 bits per heavy atom. The van der Waals surface area contributed by atoms with Crippen molar-refractivity contribution in [2.45, 2.75) is 33.1 Å². The van der Waals surface area contributed by atoms with E-state index in [-0.39, 0.29) is 5.12 Å². The fourth-order valence-electron chi connectivity index (χ4n) is 0.574. The first kappa shape index (κ1) is 9.02. The second-order valence-corrected chi connectivity index (χ2v) is 2.94. The summed E-state index contributed by atoms with van der Waals surface area (Å²) >= 11 is 3.67. The van der Waals surface area contributed by atoms with Crippen molar-refractivity contribution < 1.29 is 4.79 Å². The van der Waals surface area contributed by atoms with Gasteiger partial charge >= 0.3 is 0 Å². The molecule has 1 atom stereocenters. The van der Waals surface area contributed by atoms with Crippen molar-refractivity contribution in [3.05, 3.63) is 0 Å². The minimum atomic E-state index is 0.00954. The van der Waals surface area contributed by atoms with Crippen LogP contribution in [0.2, 0.25) is 0 Å². The fourth-order valence-corrected chi connectivity index (χ4v) is 0.703. The summed E-state index contributed by atoms with van der Waals surface area (Å²) in [7, 11) is 0. The van der Waals surface area contributed by atoms with Crippen molar-refractivity contribution in [1.29, 1.82) is 0 Å². The maximum Gasteiger partial charge on any atom is 0.185 e. The molecule has 0 radical (unpaired) electrons. The molecule has 0 amide bonds. The Balaban J connectivity index is 3.16. The van der Waals surface area contributed by atoms with Crippen molar-refractivity contribution in [2.24, 2.45) is 5.92 Å². The van der Waals surface area contributed by atoms with E-state index in [0.29, 0.717) is 12.3 Å². The molecule has 0 saturated heterocycles. The molecule has 9 heavy (non-hydrogen) atoms. The summed E-state index contributed by atoms with van der Waals surface area (Å²) in [6, 6.07) is 0. The highest BCUT2D eigenvalue weighted by Crippen LogP contribution is 2.09. The highest BCUT2D eigenvalue weighted by atomic mass is 32.1. The second kappa shape index (κ2) is 4.86. The van der Waals surface area contributed by atoms with Crippen molar-refractivity contribution in [2.75, 3.05) is 0 Å². The van der Waals surface area contributed by atoms with E-state index in [9.17, 15) is 4.79 Å². The average molecular weight is 146 g/mol. The fraction of sp³-hybridized carbons (Fsp3) is 0.857. The molecule has 0 aliphatic heterocycles. The van der Waals surface area contributed by atoms with Crippen molar-refractivity contribution in [3.8, 4) is 0 Å². The van der Waals surface area contributed by atoms with Crippen LogP contribution < -0.4 is 0 Å². The number of carbonyl (C=O) groups excluding carboxylic acids is 1. The zero-order valence-corrected chi connectivity index (χ0v) is 6.95. The van der Waals surface area contributed by atoms with E-state index in [2.05, 4.69) is 26.5 Å². The normalized spacial score (nSPS) is 13.2. The maximum absolute atomic E-state index is 10.3. The number of rotatable bonds is 4. The molecule has 0 bridgehead atoms. The first-order valence-corrected chi connectivity index (χ1v) is 3.83. The zero-order valence-electron chi connectivity index (χ0n) is 6.05. The second-order valence-electron chi connectivity index (χ2n) is 2.45. The molecular weight excluding hydrogens is 132 g/mol. The van der Waals surface area contributed by atoms with Gasteiger partial charge in [0.2, 0.25) is 0 Å². The quantitative estimate of drug-likeness (QED) is 0.602. The van der Waals surface area contributed by atoms with Gasteiger partial charge in [0.1, 0.15) is 0 Å². The highest BCUT2D eigenvalue weighted by molar-refractivity contribution is 7.96. The lowest BCUT2D eigenvalue weighted by Gasteiger charge is -2.03. The Hall–Kier alpha value is 0.0200. The monoisotopic (exact) mass is 146 g/mol. The summed E-state index contributed by atoms with van der Waals surface area (Å²) in [5.41, 5.74) is 0. The third kappa shape index (κ3) is 5.90. The van der Waals surface area contributed by atoms with Crippen LogP contribution in [0.5, 0.6) is 0 Å². The number of hydrogen-bond donors (Lipinski definition) is 1. The van der Waals surface area contributed by atoms with E-state index in [1.807, 2.05) is 0 Å². The minimum Gasteiger partial charge on any atom is -0.288 e. The smallest absolute Gasteiger partial charge is 0.185 e. The summed E-state index contributed by atoms with van der Waals surface area (Å²) in [5.74, 6) is 0.668. The van der Waals surface area contributed by atoms with E-state index in [4.69, 9.17) is 0 Å². The Bertz CT molecular complexity index is 90.9. The molecule has 0 aromatic heterocycles. The van der Waals surface area contributed by atoms with Crippen LogP contribution in [0.4, 0.5) is 0 Å². The number of hydrogen-bond acceptors (Lipinski definition) is 1. The van der Waals surface area contributed by atoms with Crippen LogP contribution >= 0.6 is 12.6 Å². The largest absolute Gasteiger partial charge is 0.288 e. The summed E-state index contributed by atoms with van der Waals surface area (Å²) in [4.78, 5) is 10.3. The molecule has 0 N–H and O–H groups in total. The van der Waals surface area contributed by atoms with Gasteiger partial charge in [-0.1, -0.05) is 20.3 Å². The molecule has 0 heterocycles. The van der Waals surface area contributed by atoms with Crippen LogP contribution in [0.3, 0.4) is 0 Å². The summed E-state index contributed by atoms with van der Waals surface area (Å²) in [6.07, 6.45) is 2.76. The first-order chi connectivity index (χ1) is 4.16. The predicted octanol–water partition coefficient (Wildman–Crippen LogP) is 2.27. The SMILES string of the molecule is CCC(C)CCC(=O)S. The Morgan fingerprint density at radius 2 is 2.22 bits per heavy atom. The van der Waals surface area contributed by atoms with Crippen LogP contribution in [0.1, 0.15) is 33.1 Å². The topological polar surface area (TPSA) is 17.1 Å². The third-order valence-electron chi connectivity index (χ3n) is 1.55. The average Bonchev–Trinajstić information content (AvgIpc) is 1.83. The van der Waals surface area contributed by atoms with E-state index in [1.54, 1.807) is 0 Å². The van der Waals surface area contributed by atoms with Crippen molar-refractivity contribution >= 4 is 17.7 Å². The van der Waals surface area contributed by atoms with Gasteiger partial charge in [-0.3, -0.25) is 4.79 Å². The lowest BCUT2D eigenvalue weighted by molar-refractivity contribution is -0.111. The zero-order chi connectivity index (χ0) is 7.28. The van der Waals surface area contributed by atoms with Gasteiger partial charge in [-0.2, -0.15) is 0 Å². The summed E-state index contributed by atoms with van der Waals surface area (Å²) < 4.78 is 0. The number of carbonyl (C=O) groups is 1. The van der Waals surface area contributed by atoms with E-state index >= 15 is 0 Å². The molecule has 0 rings (SSSR count). The van der Waals surface area contributed by atoms with Crippen LogP contribution in [0.15, 0.2) is 0 Å². The predicted molar refractivity (Wildman–Crippen MR) is 42.7 cm³/mol. The number of thiol groups is 1. The van der Waals surface area contributed by atoms with Crippen LogP contribution in [0, 0.1) is 5.92 Å². The van der Waals surface area contributed by atoms with Crippen molar-refractivity contribution in [3.63, 3.8) is 0 Å². The molecule has 0 aliphatic carbocycles. The highest BCUT2D eigenvalue weighted by Gasteiger charge is 2.00. The lowest BCUT2D eigenvalue weighted by atomic mass is 10.0. The molecule has 0 spiro atoms. The van der Waals surface area contributed by atoms with E-state index < -0.39 is 0 Å². The van der Waals surface area contributed by atoms with E-state index in [0.717, 1.165) is 12.8 Å². The van der Waals surface area contributed by atoms with Crippen LogP contribution in [-0.4, -0.2) is 5.12 Å². The molecule has 0 fully saturated rings.